The minimum Gasteiger partial charge on any atom is -0.0722 e. The highest BCUT2D eigenvalue weighted by Crippen LogP contribution is 2.23. The molecule has 0 aromatic carbocycles. The molecule has 0 nitrogen and oxygen atoms in total. The second-order valence-corrected chi connectivity index (χ2v) is 13.5. The summed E-state index contributed by atoms with van der Waals surface area (Å²) in [6.07, 6.45) is 11.9. The molecule has 0 saturated heterocycles. The first kappa shape index (κ1) is 16.4. The molecule has 0 aliphatic rings. The molecule has 0 heterocycles. The van der Waals surface area contributed by atoms with E-state index in [4.69, 9.17) is 0 Å². The van der Waals surface area contributed by atoms with Gasteiger partial charge < -0.3 is 0 Å². The zero-order valence-corrected chi connectivity index (χ0v) is 14.7. The minimum absolute atomic E-state index is 0.352. The third kappa shape index (κ3) is 8.57. The predicted octanol–water partition coefficient (Wildman–Crippen LogP) is 5.01. The first-order valence-corrected chi connectivity index (χ1v) is 13.5. The second-order valence-electron chi connectivity index (χ2n) is 6.06. The zero-order valence-electron chi connectivity index (χ0n) is 12.4. The molecule has 0 aromatic heterocycles. The van der Waals surface area contributed by atoms with Crippen LogP contribution in [0.1, 0.15) is 58.3 Å². The lowest BCUT2D eigenvalue weighted by Gasteiger charge is -2.22. The van der Waals surface area contributed by atoms with E-state index >= 15 is 0 Å². The molecule has 0 N–H and O–H groups in total. The molecular formula is C14H34Si2. The van der Waals surface area contributed by atoms with Crippen molar-refractivity contribution in [3.8, 4) is 0 Å². The molecule has 98 valence electrons. The largest absolute Gasteiger partial charge is 0.0722 e. The topological polar surface area (TPSA) is 0 Å². The van der Waals surface area contributed by atoms with E-state index in [0.717, 1.165) is 0 Å². The van der Waals surface area contributed by atoms with Gasteiger partial charge in [-0.2, -0.15) is 0 Å². The van der Waals surface area contributed by atoms with Crippen LogP contribution in [-0.4, -0.2) is 17.6 Å². The molecule has 0 aromatic rings. The maximum absolute atomic E-state index is 2.55. The molecule has 0 saturated carbocycles. The highest BCUT2D eigenvalue weighted by Gasteiger charge is 2.18. The Labute approximate surface area is 107 Å². The van der Waals surface area contributed by atoms with Gasteiger partial charge >= 0.3 is 0 Å². The Morgan fingerprint density at radius 2 is 1.12 bits per heavy atom. The van der Waals surface area contributed by atoms with Gasteiger partial charge in [-0.15, -0.1) is 0 Å². The molecule has 0 spiro atoms. The highest BCUT2D eigenvalue weighted by molar-refractivity contribution is 6.77. The Bertz CT molecular complexity index is 136. The van der Waals surface area contributed by atoms with Crippen molar-refractivity contribution >= 4 is 17.6 Å². The number of hydrogen-bond donors (Lipinski definition) is 0. The van der Waals surface area contributed by atoms with Crippen LogP contribution in [-0.2, 0) is 0 Å². The summed E-state index contributed by atoms with van der Waals surface area (Å²) in [6, 6.07) is 0. The van der Waals surface area contributed by atoms with Gasteiger partial charge in [-0.3, -0.25) is 0 Å². The smallest absolute Gasteiger partial charge is 0.0307 e. The number of unbranched alkanes of at least 4 members (excludes halogenated alkanes) is 6. The fraction of sp³-hybridized carbons (Fsp3) is 1.00. The fourth-order valence-electron chi connectivity index (χ4n) is 2.77. The summed E-state index contributed by atoms with van der Waals surface area (Å²) in [7, 11) is -0.703. The molecule has 0 unspecified atom stereocenters. The quantitative estimate of drug-likeness (QED) is 0.382. The van der Waals surface area contributed by atoms with E-state index in [9.17, 15) is 0 Å². The standard InChI is InChI=1S/C14H34Si2/c1-6-7-8-9-10-11-12-13-14(15(2)3)16(4)5/h14-16H,6-13H2,1-5H3. The van der Waals surface area contributed by atoms with Crippen LogP contribution >= 0.6 is 0 Å². The summed E-state index contributed by atoms with van der Waals surface area (Å²) < 4.78 is 0. The summed E-state index contributed by atoms with van der Waals surface area (Å²) in [5, 5.41) is 1.22. The van der Waals surface area contributed by atoms with Crippen molar-refractivity contribution in [1.29, 1.82) is 0 Å². The predicted molar refractivity (Wildman–Crippen MR) is 84.1 cm³/mol. The number of hydrogen-bond acceptors (Lipinski definition) is 0. The van der Waals surface area contributed by atoms with Gasteiger partial charge in [-0.1, -0.05) is 89.6 Å². The fourth-order valence-corrected chi connectivity index (χ4v) is 10.7. The normalized spacial score (nSPS) is 12.0. The summed E-state index contributed by atoms with van der Waals surface area (Å²) in [6.45, 7) is 12.5. The van der Waals surface area contributed by atoms with E-state index < -0.39 is 0 Å². The first-order valence-electron chi connectivity index (χ1n) is 7.59. The van der Waals surface area contributed by atoms with Crippen molar-refractivity contribution in [2.45, 2.75) is 89.6 Å². The molecule has 0 fully saturated rings. The van der Waals surface area contributed by atoms with E-state index in [1.165, 1.54) is 50.1 Å². The van der Waals surface area contributed by atoms with Gasteiger partial charge in [0.2, 0.25) is 0 Å². The monoisotopic (exact) mass is 258 g/mol. The molecule has 0 bridgehead atoms. The van der Waals surface area contributed by atoms with Gasteiger partial charge in [-0.05, 0) is 0 Å². The number of rotatable bonds is 10. The Balaban J connectivity index is 3.41. The maximum atomic E-state index is 2.55. The van der Waals surface area contributed by atoms with E-state index in [0.29, 0.717) is 0 Å². The van der Waals surface area contributed by atoms with E-state index in [-0.39, 0.29) is 17.6 Å². The van der Waals surface area contributed by atoms with Crippen molar-refractivity contribution in [1.82, 2.24) is 0 Å². The second kappa shape index (κ2) is 10.6. The molecule has 0 rings (SSSR count). The van der Waals surface area contributed by atoms with E-state index in [2.05, 4.69) is 33.1 Å². The Kier molecular flexibility index (Phi) is 10.9. The molecule has 16 heavy (non-hydrogen) atoms. The van der Waals surface area contributed by atoms with Crippen molar-refractivity contribution < 1.29 is 0 Å². The van der Waals surface area contributed by atoms with Gasteiger partial charge in [0.1, 0.15) is 0 Å². The van der Waals surface area contributed by atoms with Crippen LogP contribution in [0.15, 0.2) is 0 Å². The van der Waals surface area contributed by atoms with Crippen LogP contribution in [0.3, 0.4) is 0 Å². The van der Waals surface area contributed by atoms with Crippen molar-refractivity contribution in [3.63, 3.8) is 0 Å². The van der Waals surface area contributed by atoms with Crippen molar-refractivity contribution in [3.05, 3.63) is 0 Å². The van der Waals surface area contributed by atoms with Crippen molar-refractivity contribution in [2.24, 2.45) is 0 Å². The van der Waals surface area contributed by atoms with Crippen LogP contribution in [0.25, 0.3) is 0 Å². The van der Waals surface area contributed by atoms with E-state index in [1.54, 1.807) is 6.42 Å². The lowest BCUT2D eigenvalue weighted by Crippen LogP contribution is -2.24. The average molecular weight is 259 g/mol. The molecule has 0 radical (unpaired) electrons. The minimum atomic E-state index is -0.352. The Morgan fingerprint density at radius 3 is 1.56 bits per heavy atom. The summed E-state index contributed by atoms with van der Waals surface area (Å²) in [5.74, 6) is 0. The Hall–Kier alpha value is 0.434. The maximum Gasteiger partial charge on any atom is 0.0307 e. The third-order valence-corrected chi connectivity index (χ3v) is 12.6. The van der Waals surface area contributed by atoms with Gasteiger partial charge in [0.05, 0.1) is 0 Å². The first-order chi connectivity index (χ1) is 7.59. The van der Waals surface area contributed by atoms with Gasteiger partial charge in [0, 0.05) is 17.6 Å². The third-order valence-electron chi connectivity index (χ3n) is 3.85. The SMILES string of the molecule is CCCCCCCCCC([SiH](C)C)[SiH](C)C. The van der Waals surface area contributed by atoms with Gasteiger partial charge in [-0.25, -0.2) is 0 Å². The highest BCUT2D eigenvalue weighted by atomic mass is 28.3. The van der Waals surface area contributed by atoms with E-state index in [1.807, 2.05) is 0 Å². The lowest BCUT2D eigenvalue weighted by molar-refractivity contribution is 0.580. The van der Waals surface area contributed by atoms with Crippen LogP contribution in [0, 0.1) is 0 Å². The molecule has 2 heteroatoms. The lowest BCUT2D eigenvalue weighted by atomic mass is 10.1. The molecular weight excluding hydrogens is 224 g/mol. The molecule has 0 amide bonds. The molecule has 0 atom stereocenters. The summed E-state index contributed by atoms with van der Waals surface area (Å²) in [4.78, 5) is 0. The van der Waals surface area contributed by atoms with Crippen LogP contribution < -0.4 is 0 Å². The summed E-state index contributed by atoms with van der Waals surface area (Å²) in [5.41, 5.74) is 0. The van der Waals surface area contributed by atoms with Crippen LogP contribution in [0.2, 0.25) is 31.4 Å². The van der Waals surface area contributed by atoms with Crippen LogP contribution in [0.5, 0.6) is 0 Å². The van der Waals surface area contributed by atoms with Gasteiger partial charge in [0.25, 0.3) is 0 Å². The van der Waals surface area contributed by atoms with Gasteiger partial charge in [0.15, 0.2) is 0 Å². The van der Waals surface area contributed by atoms with Crippen molar-refractivity contribution in [2.75, 3.05) is 0 Å². The zero-order chi connectivity index (χ0) is 12.4. The Morgan fingerprint density at radius 1 is 0.688 bits per heavy atom. The average Bonchev–Trinajstić information content (AvgIpc) is 2.21. The molecule has 0 aliphatic heterocycles. The van der Waals surface area contributed by atoms with Crippen LogP contribution in [0.4, 0.5) is 0 Å². The molecule has 0 aliphatic carbocycles. The summed E-state index contributed by atoms with van der Waals surface area (Å²) >= 11 is 0.